The molecule has 0 fully saturated rings. The number of carboxylic acid groups (broad SMARTS) is 1. The predicted octanol–water partition coefficient (Wildman–Crippen LogP) is 2.57. The van der Waals surface area contributed by atoms with Gasteiger partial charge in [0.1, 0.15) is 23.0 Å². The van der Waals surface area contributed by atoms with E-state index in [0.29, 0.717) is 6.61 Å². The van der Waals surface area contributed by atoms with Crippen molar-refractivity contribution in [3.05, 3.63) is 30.3 Å². The highest BCUT2D eigenvalue weighted by Gasteiger charge is 2.16. The highest BCUT2D eigenvalue weighted by Crippen LogP contribution is 2.09. The van der Waals surface area contributed by atoms with Gasteiger partial charge in [0.2, 0.25) is 0 Å². The summed E-state index contributed by atoms with van der Waals surface area (Å²) in [7, 11) is 0.229. The van der Waals surface area contributed by atoms with E-state index in [9.17, 15) is 4.79 Å². The third kappa shape index (κ3) is 6.55. The topological polar surface area (TPSA) is 46.5 Å². The quantitative estimate of drug-likeness (QED) is 0.553. The fourth-order valence-corrected chi connectivity index (χ4v) is 3.36. The molecule has 1 aromatic rings. The van der Waals surface area contributed by atoms with Crippen LogP contribution in [0.4, 0.5) is 0 Å². The van der Waals surface area contributed by atoms with Gasteiger partial charge in [0.15, 0.2) is 0 Å². The number of ether oxygens (including phenoxy) is 1. The first-order chi connectivity index (χ1) is 8.72. The predicted molar refractivity (Wildman–Crippen MR) is 76.4 cm³/mol. The summed E-state index contributed by atoms with van der Waals surface area (Å²) in [4.78, 5) is 10.5. The first kappa shape index (κ1) is 14.9. The van der Waals surface area contributed by atoms with Gasteiger partial charge in [-0.15, -0.1) is 0 Å². The zero-order valence-corrected chi connectivity index (χ0v) is 11.6. The van der Waals surface area contributed by atoms with Crippen molar-refractivity contribution >= 4 is 16.9 Å². The molecule has 0 saturated heterocycles. The summed E-state index contributed by atoms with van der Waals surface area (Å²) < 4.78 is 5.61. The summed E-state index contributed by atoms with van der Waals surface area (Å²) in [5, 5.41) is 8.66. The van der Waals surface area contributed by atoms with Gasteiger partial charge < -0.3 is 9.84 Å². The van der Waals surface area contributed by atoms with Crippen molar-refractivity contribution in [3.63, 3.8) is 0 Å². The van der Waals surface area contributed by atoms with Gasteiger partial charge in [-0.3, -0.25) is 4.79 Å². The molecule has 3 nitrogen and oxygen atoms in total. The molecule has 0 radical (unpaired) electrons. The van der Waals surface area contributed by atoms with Crippen LogP contribution in [0.15, 0.2) is 30.3 Å². The molecule has 0 aliphatic carbocycles. The maximum Gasteiger partial charge on any atom is 0.308 e. The lowest BCUT2D eigenvalue weighted by Gasteiger charge is -2.07. The van der Waals surface area contributed by atoms with Gasteiger partial charge in [0, 0.05) is 6.42 Å². The summed E-state index contributed by atoms with van der Waals surface area (Å²) in [6.45, 7) is 2.84. The minimum Gasteiger partial charge on any atom is -0.493 e. The van der Waals surface area contributed by atoms with Crippen LogP contribution in [0.5, 0.6) is 5.75 Å². The first-order valence-corrected chi connectivity index (χ1v) is 7.99. The smallest absolute Gasteiger partial charge is 0.308 e. The van der Waals surface area contributed by atoms with Gasteiger partial charge in [-0.05, 0) is 30.0 Å². The Kier molecular flexibility index (Phi) is 7.34. The molecule has 1 atom stereocenters. The molecule has 1 aromatic carbocycles. The molecule has 0 aliphatic heterocycles. The molecule has 18 heavy (non-hydrogen) atoms. The average Bonchev–Trinajstić information content (AvgIpc) is 2.39. The van der Waals surface area contributed by atoms with E-state index in [1.165, 1.54) is 0 Å². The van der Waals surface area contributed by atoms with Gasteiger partial charge >= 0.3 is 5.97 Å². The number of hydrogen-bond donors (Lipinski definition) is 1. The average molecular weight is 269 g/mol. The van der Waals surface area contributed by atoms with E-state index in [0.717, 1.165) is 29.4 Å². The van der Waals surface area contributed by atoms with Crippen molar-refractivity contribution in [2.45, 2.75) is 19.8 Å². The van der Waals surface area contributed by atoms with Crippen molar-refractivity contribution in [2.75, 3.05) is 23.9 Å². The highest BCUT2D eigenvalue weighted by molar-refractivity contribution is 7.96. The van der Waals surface area contributed by atoms with Crippen LogP contribution in [0, 0.1) is 0 Å². The lowest BCUT2D eigenvalue weighted by atomic mass is 10.3. The minimum atomic E-state index is -0.693. The molecule has 0 heterocycles. The molecule has 0 aromatic heterocycles. The molecule has 1 N–H and O–H groups in total. The van der Waals surface area contributed by atoms with Crippen LogP contribution in [-0.4, -0.2) is 34.9 Å². The van der Waals surface area contributed by atoms with Crippen molar-refractivity contribution < 1.29 is 14.6 Å². The fraction of sp³-hybridized carbons (Fsp3) is 0.500. The molecule has 1 unspecified atom stereocenters. The summed E-state index contributed by atoms with van der Waals surface area (Å²) in [5.74, 6) is 3.15. The number of aliphatic carboxylic acids is 1. The summed E-state index contributed by atoms with van der Waals surface area (Å²) in [6, 6.07) is 9.78. The van der Waals surface area contributed by atoms with E-state index in [1.54, 1.807) is 0 Å². The second-order valence-electron chi connectivity index (χ2n) is 3.97. The van der Waals surface area contributed by atoms with Crippen molar-refractivity contribution in [1.29, 1.82) is 0 Å². The molecule has 0 amide bonds. The number of rotatable bonds is 9. The van der Waals surface area contributed by atoms with E-state index in [-0.39, 0.29) is 17.3 Å². The largest absolute Gasteiger partial charge is 0.493 e. The standard InChI is InChI=1S/C14H20O3S/c1-2-18(12-9-14(15)16)11-6-10-17-13-7-4-3-5-8-13/h3-5,7-8H,2,6,9-12H2,1H3/p+1. The molecule has 100 valence electrons. The molecule has 4 heteroatoms. The van der Waals surface area contributed by atoms with Gasteiger partial charge in [0.05, 0.1) is 13.0 Å². The van der Waals surface area contributed by atoms with Gasteiger partial charge in [-0.1, -0.05) is 18.2 Å². The van der Waals surface area contributed by atoms with Crippen LogP contribution >= 0.6 is 0 Å². The monoisotopic (exact) mass is 269 g/mol. The lowest BCUT2D eigenvalue weighted by molar-refractivity contribution is -0.136. The summed E-state index contributed by atoms with van der Waals surface area (Å²) >= 11 is 0. The maximum atomic E-state index is 10.5. The second-order valence-corrected chi connectivity index (χ2v) is 6.59. The summed E-state index contributed by atoms with van der Waals surface area (Å²) in [5.41, 5.74) is 0. The van der Waals surface area contributed by atoms with E-state index >= 15 is 0 Å². The number of benzene rings is 1. The van der Waals surface area contributed by atoms with Crippen molar-refractivity contribution in [1.82, 2.24) is 0 Å². The Hall–Kier alpha value is -1.16. The Labute approximate surface area is 112 Å². The van der Waals surface area contributed by atoms with Crippen LogP contribution in [0.2, 0.25) is 0 Å². The highest BCUT2D eigenvalue weighted by atomic mass is 32.2. The Morgan fingerprint density at radius 3 is 2.61 bits per heavy atom. The Bertz CT molecular complexity index is 340. The van der Waals surface area contributed by atoms with E-state index in [4.69, 9.17) is 9.84 Å². The zero-order chi connectivity index (χ0) is 13.2. The summed E-state index contributed by atoms with van der Waals surface area (Å²) in [6.07, 6.45) is 1.28. The Morgan fingerprint density at radius 2 is 2.00 bits per heavy atom. The molecule has 0 bridgehead atoms. The van der Waals surface area contributed by atoms with Crippen LogP contribution in [0.1, 0.15) is 19.8 Å². The van der Waals surface area contributed by atoms with Crippen LogP contribution in [-0.2, 0) is 15.7 Å². The normalized spacial score (nSPS) is 12.1. The van der Waals surface area contributed by atoms with Crippen LogP contribution < -0.4 is 4.74 Å². The van der Waals surface area contributed by atoms with Gasteiger partial charge in [-0.25, -0.2) is 0 Å². The SMILES string of the molecule is CC[S+](CCCOc1ccccc1)CCC(=O)O. The Balaban J connectivity index is 2.13. The molecule has 0 saturated carbocycles. The van der Waals surface area contributed by atoms with Crippen molar-refractivity contribution in [2.24, 2.45) is 0 Å². The third-order valence-corrected chi connectivity index (χ3v) is 5.07. The Morgan fingerprint density at radius 1 is 1.28 bits per heavy atom. The third-order valence-electron chi connectivity index (χ3n) is 2.60. The molecule has 1 rings (SSSR count). The second kappa shape index (κ2) is 8.86. The molecular weight excluding hydrogens is 248 g/mol. The number of para-hydroxylation sites is 1. The number of hydrogen-bond acceptors (Lipinski definition) is 2. The van der Waals surface area contributed by atoms with Crippen LogP contribution in [0.25, 0.3) is 0 Å². The van der Waals surface area contributed by atoms with E-state index < -0.39 is 5.97 Å². The lowest BCUT2D eigenvalue weighted by Crippen LogP contribution is -2.18. The van der Waals surface area contributed by atoms with Crippen molar-refractivity contribution in [3.8, 4) is 5.75 Å². The molecule has 0 spiro atoms. The zero-order valence-electron chi connectivity index (χ0n) is 10.8. The van der Waals surface area contributed by atoms with Gasteiger partial charge in [0.25, 0.3) is 0 Å². The van der Waals surface area contributed by atoms with E-state index in [1.807, 2.05) is 30.3 Å². The first-order valence-electron chi connectivity index (χ1n) is 6.26. The molecule has 0 aliphatic rings. The van der Waals surface area contributed by atoms with Crippen LogP contribution in [0.3, 0.4) is 0 Å². The maximum absolute atomic E-state index is 10.5. The van der Waals surface area contributed by atoms with E-state index in [2.05, 4.69) is 6.92 Å². The number of carbonyl (C=O) groups is 1. The molecular formula is C14H21O3S+. The fourth-order valence-electron chi connectivity index (χ4n) is 1.59. The minimum absolute atomic E-state index is 0.229. The number of carboxylic acids is 1. The van der Waals surface area contributed by atoms with Gasteiger partial charge in [-0.2, -0.15) is 0 Å².